The molecule has 1 aromatic heterocycles. The third-order valence-corrected chi connectivity index (χ3v) is 4.03. The van der Waals surface area contributed by atoms with E-state index in [0.717, 1.165) is 30.6 Å². The molecular formula is C16H17N3O2. The molecule has 0 amide bonds. The fraction of sp³-hybridized carbons (Fsp3) is 0.312. The van der Waals surface area contributed by atoms with Crippen molar-refractivity contribution < 1.29 is 4.92 Å². The number of benzene rings is 1. The SMILES string of the molecule is Cc1c(NC2CCCc3cccnc32)cccc1[N+](=O)[O-]. The van der Waals surface area contributed by atoms with Crippen LogP contribution in [0.3, 0.4) is 0 Å². The Balaban J connectivity index is 1.92. The monoisotopic (exact) mass is 283 g/mol. The van der Waals surface area contributed by atoms with Gasteiger partial charge in [0.25, 0.3) is 5.69 Å². The molecule has 0 fully saturated rings. The van der Waals surface area contributed by atoms with Gasteiger partial charge in [0, 0.05) is 23.5 Å². The van der Waals surface area contributed by atoms with Gasteiger partial charge in [-0.3, -0.25) is 15.1 Å². The highest BCUT2D eigenvalue weighted by molar-refractivity contribution is 5.60. The third kappa shape index (κ3) is 2.59. The van der Waals surface area contributed by atoms with E-state index in [1.807, 2.05) is 12.1 Å². The molecule has 5 nitrogen and oxygen atoms in total. The minimum atomic E-state index is -0.340. The number of anilines is 1. The summed E-state index contributed by atoms with van der Waals surface area (Å²) in [6.45, 7) is 1.78. The van der Waals surface area contributed by atoms with Crippen molar-refractivity contribution in [2.45, 2.75) is 32.2 Å². The lowest BCUT2D eigenvalue weighted by atomic mass is 9.91. The number of nitro benzene ring substituents is 1. The van der Waals surface area contributed by atoms with Crippen LogP contribution in [0.15, 0.2) is 36.5 Å². The van der Waals surface area contributed by atoms with Gasteiger partial charge in [0.05, 0.1) is 16.7 Å². The Morgan fingerprint density at radius 1 is 1.33 bits per heavy atom. The van der Waals surface area contributed by atoms with Crippen molar-refractivity contribution in [3.05, 3.63) is 63.5 Å². The van der Waals surface area contributed by atoms with E-state index < -0.39 is 0 Å². The Morgan fingerprint density at radius 3 is 3.00 bits per heavy atom. The van der Waals surface area contributed by atoms with Gasteiger partial charge in [-0.25, -0.2) is 0 Å². The molecule has 108 valence electrons. The van der Waals surface area contributed by atoms with Crippen molar-refractivity contribution >= 4 is 11.4 Å². The highest BCUT2D eigenvalue weighted by Crippen LogP contribution is 2.33. The number of rotatable bonds is 3. The Morgan fingerprint density at radius 2 is 2.19 bits per heavy atom. The molecule has 1 aliphatic rings. The number of hydrogen-bond acceptors (Lipinski definition) is 4. The van der Waals surface area contributed by atoms with Gasteiger partial charge in [-0.15, -0.1) is 0 Å². The van der Waals surface area contributed by atoms with Crippen LogP contribution in [0.25, 0.3) is 0 Å². The van der Waals surface area contributed by atoms with Gasteiger partial charge in [-0.05, 0) is 43.9 Å². The zero-order valence-electron chi connectivity index (χ0n) is 11.9. The zero-order chi connectivity index (χ0) is 14.8. The molecular weight excluding hydrogens is 266 g/mol. The van der Waals surface area contributed by atoms with Crippen LogP contribution in [0, 0.1) is 17.0 Å². The maximum atomic E-state index is 11.0. The lowest BCUT2D eigenvalue weighted by Crippen LogP contribution is -2.19. The molecule has 21 heavy (non-hydrogen) atoms. The van der Waals surface area contributed by atoms with E-state index in [4.69, 9.17) is 0 Å². The molecule has 1 unspecified atom stereocenters. The summed E-state index contributed by atoms with van der Waals surface area (Å²) in [7, 11) is 0. The molecule has 0 spiro atoms. The van der Waals surface area contributed by atoms with Gasteiger partial charge >= 0.3 is 0 Å². The maximum absolute atomic E-state index is 11.0. The average molecular weight is 283 g/mol. The van der Waals surface area contributed by atoms with Gasteiger partial charge in [0.1, 0.15) is 0 Å². The quantitative estimate of drug-likeness (QED) is 0.687. The minimum absolute atomic E-state index is 0.121. The van der Waals surface area contributed by atoms with Crippen LogP contribution >= 0.6 is 0 Å². The van der Waals surface area contributed by atoms with E-state index in [9.17, 15) is 10.1 Å². The molecule has 0 saturated heterocycles. The Bertz CT molecular complexity index is 685. The van der Waals surface area contributed by atoms with E-state index >= 15 is 0 Å². The van der Waals surface area contributed by atoms with Crippen molar-refractivity contribution in [1.29, 1.82) is 0 Å². The summed E-state index contributed by atoms with van der Waals surface area (Å²) >= 11 is 0. The van der Waals surface area contributed by atoms with Gasteiger partial charge in [0.15, 0.2) is 0 Å². The maximum Gasteiger partial charge on any atom is 0.274 e. The summed E-state index contributed by atoms with van der Waals surface area (Å²) in [4.78, 5) is 15.2. The van der Waals surface area contributed by atoms with Crippen LogP contribution < -0.4 is 5.32 Å². The summed E-state index contributed by atoms with van der Waals surface area (Å²) in [5.74, 6) is 0. The first-order chi connectivity index (χ1) is 10.2. The Hall–Kier alpha value is -2.43. The highest BCUT2D eigenvalue weighted by atomic mass is 16.6. The molecule has 1 aromatic carbocycles. The summed E-state index contributed by atoms with van der Waals surface area (Å²) in [5, 5.41) is 14.5. The van der Waals surface area contributed by atoms with Gasteiger partial charge in [-0.1, -0.05) is 12.1 Å². The number of pyridine rings is 1. The molecule has 1 atom stereocenters. The molecule has 0 saturated carbocycles. The highest BCUT2D eigenvalue weighted by Gasteiger charge is 2.22. The molecule has 0 radical (unpaired) electrons. The van der Waals surface area contributed by atoms with Crippen LogP contribution in [-0.4, -0.2) is 9.91 Å². The topological polar surface area (TPSA) is 68.1 Å². The van der Waals surface area contributed by atoms with Crippen LogP contribution in [0.1, 0.15) is 35.7 Å². The van der Waals surface area contributed by atoms with Crippen LogP contribution in [-0.2, 0) is 6.42 Å². The molecule has 0 aliphatic heterocycles. The molecule has 3 rings (SSSR count). The lowest BCUT2D eigenvalue weighted by Gasteiger charge is -2.26. The fourth-order valence-electron chi connectivity index (χ4n) is 2.92. The fourth-order valence-corrected chi connectivity index (χ4v) is 2.92. The summed E-state index contributed by atoms with van der Waals surface area (Å²) in [6.07, 6.45) is 4.95. The first kappa shape index (κ1) is 13.5. The predicted molar refractivity (Wildman–Crippen MR) is 81.4 cm³/mol. The van der Waals surface area contributed by atoms with Crippen LogP contribution in [0.5, 0.6) is 0 Å². The average Bonchev–Trinajstić information content (AvgIpc) is 2.49. The number of nitrogens with zero attached hydrogens (tertiary/aromatic N) is 2. The summed E-state index contributed by atoms with van der Waals surface area (Å²) in [6, 6.07) is 9.33. The van der Waals surface area contributed by atoms with Crippen LogP contribution in [0.2, 0.25) is 0 Å². The van der Waals surface area contributed by atoms with Gasteiger partial charge in [-0.2, -0.15) is 0 Å². The first-order valence-electron chi connectivity index (χ1n) is 7.11. The van der Waals surface area contributed by atoms with E-state index in [1.165, 1.54) is 11.6 Å². The van der Waals surface area contributed by atoms with E-state index in [1.54, 1.807) is 19.2 Å². The number of aryl methyl sites for hydroxylation is 1. The summed E-state index contributed by atoms with van der Waals surface area (Å²) in [5.41, 5.74) is 3.97. The standard InChI is InChI=1S/C16H17N3O2/c1-11-13(7-3-9-15(11)19(20)21)18-14-8-2-5-12-6-4-10-17-16(12)14/h3-4,6-7,9-10,14,18H,2,5,8H2,1H3. The van der Waals surface area contributed by atoms with Gasteiger partial charge in [0.2, 0.25) is 0 Å². The molecule has 0 bridgehead atoms. The molecule has 5 heteroatoms. The first-order valence-corrected chi connectivity index (χ1v) is 7.11. The van der Waals surface area contributed by atoms with Crippen molar-refractivity contribution in [1.82, 2.24) is 4.98 Å². The molecule has 1 heterocycles. The van der Waals surface area contributed by atoms with E-state index in [0.29, 0.717) is 5.56 Å². The third-order valence-electron chi connectivity index (χ3n) is 4.03. The number of fused-ring (bicyclic) bond motifs is 1. The second kappa shape index (κ2) is 5.52. The van der Waals surface area contributed by atoms with Gasteiger partial charge < -0.3 is 5.32 Å². The number of aromatic nitrogens is 1. The minimum Gasteiger partial charge on any atom is -0.376 e. The number of nitrogens with one attached hydrogen (secondary N) is 1. The normalized spacial score (nSPS) is 17.1. The Labute approximate surface area is 123 Å². The van der Waals surface area contributed by atoms with E-state index in [2.05, 4.69) is 16.4 Å². The van der Waals surface area contributed by atoms with Crippen molar-refractivity contribution in [2.75, 3.05) is 5.32 Å². The second-order valence-electron chi connectivity index (χ2n) is 5.34. The van der Waals surface area contributed by atoms with E-state index in [-0.39, 0.29) is 16.7 Å². The zero-order valence-corrected chi connectivity index (χ0v) is 11.9. The largest absolute Gasteiger partial charge is 0.376 e. The number of hydrogen-bond donors (Lipinski definition) is 1. The smallest absolute Gasteiger partial charge is 0.274 e. The van der Waals surface area contributed by atoms with Crippen molar-refractivity contribution in [3.63, 3.8) is 0 Å². The van der Waals surface area contributed by atoms with Crippen molar-refractivity contribution in [3.8, 4) is 0 Å². The van der Waals surface area contributed by atoms with Crippen LogP contribution in [0.4, 0.5) is 11.4 Å². The summed E-state index contributed by atoms with van der Waals surface area (Å²) < 4.78 is 0. The Kier molecular flexibility index (Phi) is 3.56. The molecule has 1 N–H and O–H groups in total. The predicted octanol–water partition coefficient (Wildman–Crippen LogP) is 3.79. The molecule has 1 aliphatic carbocycles. The number of nitro groups is 1. The molecule has 2 aromatic rings. The second-order valence-corrected chi connectivity index (χ2v) is 5.34. The lowest BCUT2D eigenvalue weighted by molar-refractivity contribution is -0.385. The van der Waals surface area contributed by atoms with Crippen molar-refractivity contribution in [2.24, 2.45) is 0 Å².